The summed E-state index contributed by atoms with van der Waals surface area (Å²) in [5.41, 5.74) is 1.01. The lowest BCUT2D eigenvalue weighted by molar-refractivity contribution is 0.0521. The van der Waals surface area contributed by atoms with E-state index in [0.29, 0.717) is 16.2 Å². The predicted octanol–water partition coefficient (Wildman–Crippen LogP) is 3.42. The maximum Gasteiger partial charge on any atom is 0.360 e. The van der Waals surface area contributed by atoms with E-state index in [1.165, 1.54) is 0 Å². The van der Waals surface area contributed by atoms with Crippen molar-refractivity contribution in [3.63, 3.8) is 0 Å². The zero-order valence-corrected chi connectivity index (χ0v) is 13.6. The van der Waals surface area contributed by atoms with Crippen molar-refractivity contribution in [3.8, 4) is 0 Å². The molecule has 2 heterocycles. The number of nitrogens with zero attached hydrogens (tertiary/aromatic N) is 2. The summed E-state index contributed by atoms with van der Waals surface area (Å²) in [6.45, 7) is 1.93. The van der Waals surface area contributed by atoms with Gasteiger partial charge in [-0.05, 0) is 43.3 Å². The summed E-state index contributed by atoms with van der Waals surface area (Å²) in [6, 6.07) is 11.8. The summed E-state index contributed by atoms with van der Waals surface area (Å²) < 4.78 is 6.64. The number of ether oxygens (including phenoxy) is 1. The molecular weight excluding hydrogens is 330 g/mol. The third-order valence-electron chi connectivity index (χ3n) is 3.34. The van der Waals surface area contributed by atoms with Crippen molar-refractivity contribution in [2.24, 2.45) is 0 Å². The van der Waals surface area contributed by atoms with E-state index in [2.05, 4.69) is 10.3 Å². The van der Waals surface area contributed by atoms with E-state index in [0.717, 1.165) is 0 Å². The molecule has 0 saturated heterocycles. The Labute approximate surface area is 143 Å². The molecule has 0 saturated carbocycles. The molecule has 3 aromatic rings. The second-order valence-electron chi connectivity index (χ2n) is 4.92. The standard InChI is InChI=1S/C17H14ClN3O3/c1-2-24-17(23)14-15(21-10-4-3-5-13(21)19-14)20-16(22)11-6-8-12(18)9-7-11/h3-10H,2H2,1H3,(H,20,22). The fourth-order valence-electron chi connectivity index (χ4n) is 2.24. The number of halogens is 1. The Morgan fingerprint density at radius 1 is 1.21 bits per heavy atom. The molecule has 3 rings (SSSR count). The van der Waals surface area contributed by atoms with Gasteiger partial charge < -0.3 is 10.1 Å². The van der Waals surface area contributed by atoms with E-state index in [1.807, 2.05) is 0 Å². The van der Waals surface area contributed by atoms with Crippen molar-refractivity contribution in [2.45, 2.75) is 6.92 Å². The molecule has 2 aromatic heterocycles. The maximum absolute atomic E-state index is 12.5. The van der Waals surface area contributed by atoms with Crippen molar-refractivity contribution < 1.29 is 14.3 Å². The minimum Gasteiger partial charge on any atom is -0.461 e. The lowest BCUT2D eigenvalue weighted by Gasteiger charge is -2.07. The van der Waals surface area contributed by atoms with E-state index in [1.54, 1.807) is 60.0 Å². The number of hydrogen-bond donors (Lipinski definition) is 1. The second kappa shape index (κ2) is 6.72. The summed E-state index contributed by atoms with van der Waals surface area (Å²) in [4.78, 5) is 28.8. The molecule has 1 amide bonds. The van der Waals surface area contributed by atoms with Crippen LogP contribution < -0.4 is 5.32 Å². The number of fused-ring (bicyclic) bond motifs is 1. The minimum atomic E-state index is -0.590. The number of carbonyl (C=O) groups is 2. The van der Waals surface area contributed by atoms with Crippen LogP contribution in [0.25, 0.3) is 5.65 Å². The number of rotatable bonds is 4. The van der Waals surface area contributed by atoms with E-state index in [-0.39, 0.29) is 24.0 Å². The Hall–Kier alpha value is -2.86. The number of nitrogens with one attached hydrogen (secondary N) is 1. The number of anilines is 1. The number of carbonyl (C=O) groups excluding carboxylic acids is 2. The van der Waals surface area contributed by atoms with Crippen LogP contribution in [0.5, 0.6) is 0 Å². The van der Waals surface area contributed by atoms with Crippen LogP contribution in [-0.4, -0.2) is 27.9 Å². The molecule has 1 N–H and O–H groups in total. The number of amides is 1. The van der Waals surface area contributed by atoms with Gasteiger partial charge in [0.2, 0.25) is 0 Å². The van der Waals surface area contributed by atoms with Gasteiger partial charge in [0.15, 0.2) is 11.5 Å². The van der Waals surface area contributed by atoms with E-state index in [9.17, 15) is 9.59 Å². The lowest BCUT2D eigenvalue weighted by atomic mass is 10.2. The van der Waals surface area contributed by atoms with Crippen LogP contribution in [0.15, 0.2) is 48.7 Å². The molecule has 122 valence electrons. The summed E-state index contributed by atoms with van der Waals surface area (Å²) in [5, 5.41) is 3.26. The Balaban J connectivity index is 2.00. The predicted molar refractivity (Wildman–Crippen MR) is 90.6 cm³/mol. The number of benzene rings is 1. The lowest BCUT2D eigenvalue weighted by Crippen LogP contribution is -2.17. The van der Waals surface area contributed by atoms with Gasteiger partial charge >= 0.3 is 5.97 Å². The second-order valence-corrected chi connectivity index (χ2v) is 5.36. The van der Waals surface area contributed by atoms with Crippen LogP contribution in [-0.2, 0) is 4.74 Å². The summed E-state index contributed by atoms with van der Waals surface area (Å²) >= 11 is 5.83. The molecule has 0 radical (unpaired) electrons. The average Bonchev–Trinajstić information content (AvgIpc) is 2.94. The summed E-state index contributed by atoms with van der Waals surface area (Å²) in [7, 11) is 0. The highest BCUT2D eigenvalue weighted by Gasteiger charge is 2.22. The van der Waals surface area contributed by atoms with E-state index in [4.69, 9.17) is 16.3 Å². The van der Waals surface area contributed by atoms with E-state index >= 15 is 0 Å². The Bertz CT molecular complexity index is 903. The SMILES string of the molecule is CCOC(=O)c1nc2ccccn2c1NC(=O)c1ccc(Cl)cc1. The molecule has 0 fully saturated rings. The third-order valence-corrected chi connectivity index (χ3v) is 3.59. The normalized spacial score (nSPS) is 10.6. The largest absolute Gasteiger partial charge is 0.461 e. The van der Waals surface area contributed by atoms with Gasteiger partial charge in [-0.3, -0.25) is 9.20 Å². The van der Waals surface area contributed by atoms with Gasteiger partial charge in [-0.2, -0.15) is 0 Å². The van der Waals surface area contributed by atoms with Gasteiger partial charge in [0.05, 0.1) is 6.61 Å². The first-order valence-electron chi connectivity index (χ1n) is 7.31. The van der Waals surface area contributed by atoms with Crippen LogP contribution in [0.1, 0.15) is 27.8 Å². The fraction of sp³-hybridized carbons (Fsp3) is 0.118. The molecule has 0 unspecified atom stereocenters. The highest BCUT2D eigenvalue weighted by atomic mass is 35.5. The van der Waals surface area contributed by atoms with Gasteiger partial charge in [0, 0.05) is 16.8 Å². The number of esters is 1. The fourth-order valence-corrected chi connectivity index (χ4v) is 2.36. The van der Waals surface area contributed by atoms with Crippen molar-refractivity contribution in [2.75, 3.05) is 11.9 Å². The van der Waals surface area contributed by atoms with Gasteiger partial charge in [0.1, 0.15) is 5.65 Å². The van der Waals surface area contributed by atoms with Crippen LogP contribution in [0.4, 0.5) is 5.82 Å². The minimum absolute atomic E-state index is 0.0605. The zero-order chi connectivity index (χ0) is 17.1. The number of aromatic nitrogens is 2. The van der Waals surface area contributed by atoms with Gasteiger partial charge in [-0.15, -0.1) is 0 Å². The molecule has 7 heteroatoms. The number of hydrogen-bond acceptors (Lipinski definition) is 4. The number of pyridine rings is 1. The van der Waals surface area contributed by atoms with Crippen LogP contribution >= 0.6 is 11.6 Å². The first-order chi connectivity index (χ1) is 11.6. The molecule has 0 atom stereocenters. The summed E-state index contributed by atoms with van der Waals surface area (Å²) in [6.07, 6.45) is 1.71. The molecule has 24 heavy (non-hydrogen) atoms. The molecular formula is C17H14ClN3O3. The highest BCUT2D eigenvalue weighted by Crippen LogP contribution is 2.20. The monoisotopic (exact) mass is 343 g/mol. The molecule has 0 aliphatic rings. The Morgan fingerprint density at radius 2 is 1.96 bits per heavy atom. The Kier molecular flexibility index (Phi) is 4.48. The van der Waals surface area contributed by atoms with Gasteiger partial charge in [-0.25, -0.2) is 9.78 Å². The Morgan fingerprint density at radius 3 is 2.67 bits per heavy atom. The topological polar surface area (TPSA) is 72.7 Å². The number of imidazole rings is 1. The van der Waals surface area contributed by atoms with Crippen LogP contribution in [0.3, 0.4) is 0 Å². The van der Waals surface area contributed by atoms with Gasteiger partial charge in [-0.1, -0.05) is 17.7 Å². The first kappa shape index (κ1) is 16.0. The molecule has 6 nitrogen and oxygen atoms in total. The van der Waals surface area contributed by atoms with Crippen molar-refractivity contribution >= 4 is 34.9 Å². The van der Waals surface area contributed by atoms with Gasteiger partial charge in [0.25, 0.3) is 5.91 Å². The quantitative estimate of drug-likeness (QED) is 0.737. The molecule has 0 bridgehead atoms. The first-order valence-corrected chi connectivity index (χ1v) is 7.69. The molecule has 1 aromatic carbocycles. The molecule has 0 spiro atoms. The smallest absolute Gasteiger partial charge is 0.360 e. The average molecular weight is 344 g/mol. The zero-order valence-electron chi connectivity index (χ0n) is 12.8. The highest BCUT2D eigenvalue weighted by molar-refractivity contribution is 6.30. The van der Waals surface area contributed by atoms with Crippen molar-refractivity contribution in [3.05, 3.63) is 64.9 Å². The van der Waals surface area contributed by atoms with E-state index < -0.39 is 5.97 Å². The molecule has 0 aliphatic carbocycles. The van der Waals surface area contributed by atoms with Crippen molar-refractivity contribution in [1.82, 2.24) is 9.38 Å². The summed E-state index contributed by atoms with van der Waals surface area (Å²) in [5.74, 6) is -0.695. The van der Waals surface area contributed by atoms with Crippen molar-refractivity contribution in [1.29, 1.82) is 0 Å². The van der Waals surface area contributed by atoms with Crippen LogP contribution in [0, 0.1) is 0 Å². The van der Waals surface area contributed by atoms with Crippen LogP contribution in [0.2, 0.25) is 5.02 Å². The molecule has 0 aliphatic heterocycles. The third kappa shape index (κ3) is 3.09. The maximum atomic E-state index is 12.5.